The van der Waals surface area contributed by atoms with Gasteiger partial charge in [-0.15, -0.1) is 0 Å². The third-order valence-corrected chi connectivity index (χ3v) is 3.67. The maximum Gasteiger partial charge on any atom is 0.337 e. The van der Waals surface area contributed by atoms with Crippen LogP contribution in [0.1, 0.15) is 47.8 Å². The lowest BCUT2D eigenvalue weighted by Gasteiger charge is -2.18. The lowest BCUT2D eigenvalue weighted by Crippen LogP contribution is -2.10. The molecule has 0 heterocycles. The van der Waals surface area contributed by atoms with E-state index in [1.54, 1.807) is 12.1 Å². The molecule has 0 atom stereocenters. The van der Waals surface area contributed by atoms with Gasteiger partial charge in [-0.05, 0) is 34.2 Å². The van der Waals surface area contributed by atoms with Crippen LogP contribution in [0.4, 0.5) is 0 Å². The lowest BCUT2D eigenvalue weighted by molar-refractivity contribution is 0.0600. The second-order valence-electron chi connectivity index (χ2n) is 6.53. The molecule has 0 radical (unpaired) electrons. The van der Waals surface area contributed by atoms with Crippen LogP contribution in [0.5, 0.6) is 0 Å². The van der Waals surface area contributed by atoms with Crippen LogP contribution in [0.15, 0.2) is 53.5 Å². The van der Waals surface area contributed by atoms with Crippen molar-refractivity contribution in [3.8, 4) is 0 Å². The summed E-state index contributed by atoms with van der Waals surface area (Å²) in [6.45, 7) is 7.26. The lowest BCUT2D eigenvalue weighted by atomic mass is 9.87. The Balaban J connectivity index is 1.97. The monoisotopic (exact) mass is 309 g/mol. The van der Waals surface area contributed by atoms with Crippen molar-refractivity contribution in [2.75, 3.05) is 7.11 Å². The molecule has 0 unspecified atom stereocenters. The van der Waals surface area contributed by atoms with E-state index < -0.39 is 0 Å². The van der Waals surface area contributed by atoms with Crippen LogP contribution >= 0.6 is 0 Å². The van der Waals surface area contributed by atoms with Crippen molar-refractivity contribution in [1.29, 1.82) is 0 Å². The summed E-state index contributed by atoms with van der Waals surface area (Å²) in [6, 6.07) is 15.8. The molecule has 3 heteroatoms. The van der Waals surface area contributed by atoms with Gasteiger partial charge in [0.1, 0.15) is 0 Å². The largest absolute Gasteiger partial charge is 0.465 e. The van der Waals surface area contributed by atoms with E-state index in [1.165, 1.54) is 18.2 Å². The van der Waals surface area contributed by atoms with Gasteiger partial charge in [-0.25, -0.2) is 4.79 Å². The number of methoxy groups -OCH3 is 1. The zero-order valence-corrected chi connectivity index (χ0v) is 14.2. The van der Waals surface area contributed by atoms with Gasteiger partial charge in [-0.2, -0.15) is 0 Å². The summed E-state index contributed by atoms with van der Waals surface area (Å²) in [5, 5.41) is 0. The van der Waals surface area contributed by atoms with E-state index in [1.807, 2.05) is 18.3 Å². The van der Waals surface area contributed by atoms with E-state index in [-0.39, 0.29) is 11.4 Å². The molecule has 0 fully saturated rings. The zero-order valence-electron chi connectivity index (χ0n) is 14.2. The number of carbonyl (C=O) groups excluding carboxylic acids is 1. The number of esters is 1. The standard InChI is InChI=1S/C20H23NO2/c1-20(2,3)18-11-7-16(8-12-18)14-21-13-15-5-9-17(10-6-15)19(22)23-4/h5-13H,14H2,1-4H3. The Bertz CT molecular complexity index is 677. The summed E-state index contributed by atoms with van der Waals surface area (Å²) in [5.74, 6) is -0.326. The van der Waals surface area contributed by atoms with Crippen LogP contribution in [0.2, 0.25) is 0 Å². The van der Waals surface area contributed by atoms with Crippen molar-refractivity contribution in [2.45, 2.75) is 32.7 Å². The Kier molecular flexibility index (Phi) is 5.32. The summed E-state index contributed by atoms with van der Waals surface area (Å²) in [6.07, 6.45) is 1.82. The SMILES string of the molecule is COC(=O)c1ccc(C=NCc2ccc(C(C)(C)C)cc2)cc1. The minimum atomic E-state index is -0.326. The van der Waals surface area contributed by atoms with Gasteiger partial charge in [0.2, 0.25) is 0 Å². The van der Waals surface area contributed by atoms with Crippen LogP contribution < -0.4 is 0 Å². The summed E-state index contributed by atoms with van der Waals surface area (Å²) in [4.78, 5) is 15.8. The molecule has 2 aromatic rings. The number of carbonyl (C=O) groups is 1. The van der Waals surface area contributed by atoms with Gasteiger partial charge >= 0.3 is 5.97 Å². The predicted molar refractivity (Wildman–Crippen MR) is 94.2 cm³/mol. The van der Waals surface area contributed by atoms with E-state index in [0.29, 0.717) is 12.1 Å². The highest BCUT2D eigenvalue weighted by atomic mass is 16.5. The first-order chi connectivity index (χ1) is 10.9. The maximum absolute atomic E-state index is 11.4. The van der Waals surface area contributed by atoms with E-state index in [4.69, 9.17) is 0 Å². The fourth-order valence-electron chi connectivity index (χ4n) is 2.19. The molecule has 120 valence electrons. The highest BCUT2D eigenvalue weighted by Crippen LogP contribution is 2.22. The third-order valence-electron chi connectivity index (χ3n) is 3.67. The van der Waals surface area contributed by atoms with Crippen molar-refractivity contribution >= 4 is 12.2 Å². The van der Waals surface area contributed by atoms with Crippen molar-refractivity contribution in [3.63, 3.8) is 0 Å². The van der Waals surface area contributed by atoms with Crippen molar-refractivity contribution in [3.05, 3.63) is 70.8 Å². The van der Waals surface area contributed by atoms with Crippen LogP contribution in [-0.4, -0.2) is 19.3 Å². The molecule has 0 bridgehead atoms. The molecule has 0 N–H and O–H groups in total. The van der Waals surface area contributed by atoms with Crippen molar-refractivity contribution in [1.82, 2.24) is 0 Å². The van der Waals surface area contributed by atoms with Gasteiger partial charge < -0.3 is 4.74 Å². The highest BCUT2D eigenvalue weighted by molar-refractivity contribution is 5.90. The quantitative estimate of drug-likeness (QED) is 0.620. The Hall–Kier alpha value is -2.42. The molecule has 3 nitrogen and oxygen atoms in total. The third kappa shape index (κ3) is 4.78. The molecule has 0 saturated heterocycles. The molecular formula is C20H23NO2. The maximum atomic E-state index is 11.4. The summed E-state index contributed by atoms with van der Waals surface area (Å²) in [7, 11) is 1.38. The molecule has 0 saturated carbocycles. The van der Waals surface area contributed by atoms with Crippen LogP contribution in [0.25, 0.3) is 0 Å². The van der Waals surface area contributed by atoms with E-state index in [9.17, 15) is 4.79 Å². The zero-order chi connectivity index (χ0) is 16.9. The number of ether oxygens (including phenoxy) is 1. The van der Waals surface area contributed by atoms with Gasteiger partial charge in [-0.3, -0.25) is 4.99 Å². The molecule has 23 heavy (non-hydrogen) atoms. The predicted octanol–water partition coefficient (Wildman–Crippen LogP) is 4.39. The topological polar surface area (TPSA) is 38.7 Å². The number of hydrogen-bond donors (Lipinski definition) is 0. The Morgan fingerprint density at radius 3 is 2.17 bits per heavy atom. The van der Waals surface area contributed by atoms with Crippen molar-refractivity contribution < 1.29 is 9.53 Å². The number of rotatable bonds is 4. The van der Waals surface area contributed by atoms with Gasteiger partial charge in [0.05, 0.1) is 19.2 Å². The Morgan fingerprint density at radius 2 is 1.65 bits per heavy atom. The number of benzene rings is 2. The Morgan fingerprint density at radius 1 is 1.04 bits per heavy atom. The van der Waals surface area contributed by atoms with Gasteiger partial charge in [-0.1, -0.05) is 57.2 Å². The van der Waals surface area contributed by atoms with E-state index in [2.05, 4.69) is 54.8 Å². The molecule has 0 aromatic heterocycles. The van der Waals surface area contributed by atoms with Crippen LogP contribution in [-0.2, 0) is 16.7 Å². The number of hydrogen-bond acceptors (Lipinski definition) is 3. The summed E-state index contributed by atoms with van der Waals surface area (Å²) >= 11 is 0. The number of aliphatic imine (C=N–C) groups is 1. The highest BCUT2D eigenvalue weighted by Gasteiger charge is 2.12. The average molecular weight is 309 g/mol. The van der Waals surface area contributed by atoms with Gasteiger partial charge in [0, 0.05) is 6.21 Å². The smallest absolute Gasteiger partial charge is 0.337 e. The molecule has 0 aliphatic carbocycles. The average Bonchev–Trinajstić information content (AvgIpc) is 2.54. The Labute approximate surface area is 138 Å². The molecule has 0 amide bonds. The van der Waals surface area contributed by atoms with Gasteiger partial charge in [0.25, 0.3) is 0 Å². The number of nitrogens with zero attached hydrogens (tertiary/aromatic N) is 1. The molecule has 2 aromatic carbocycles. The molecule has 0 aliphatic heterocycles. The minimum Gasteiger partial charge on any atom is -0.465 e. The van der Waals surface area contributed by atoms with Gasteiger partial charge in [0.15, 0.2) is 0 Å². The first kappa shape index (κ1) is 16.9. The second kappa shape index (κ2) is 7.23. The first-order valence-corrected chi connectivity index (χ1v) is 7.68. The first-order valence-electron chi connectivity index (χ1n) is 7.68. The summed E-state index contributed by atoms with van der Waals surface area (Å²) in [5.41, 5.74) is 4.18. The second-order valence-corrected chi connectivity index (χ2v) is 6.53. The molecular weight excluding hydrogens is 286 g/mol. The van der Waals surface area contributed by atoms with Crippen LogP contribution in [0.3, 0.4) is 0 Å². The fraction of sp³-hybridized carbons (Fsp3) is 0.300. The minimum absolute atomic E-state index is 0.170. The van der Waals surface area contributed by atoms with E-state index in [0.717, 1.165) is 5.56 Å². The normalized spacial score (nSPS) is 11.7. The summed E-state index contributed by atoms with van der Waals surface area (Å²) < 4.78 is 4.68. The van der Waals surface area contributed by atoms with E-state index >= 15 is 0 Å². The fourth-order valence-corrected chi connectivity index (χ4v) is 2.19. The van der Waals surface area contributed by atoms with Crippen molar-refractivity contribution in [2.24, 2.45) is 4.99 Å². The van der Waals surface area contributed by atoms with Crippen LogP contribution in [0, 0.1) is 0 Å². The molecule has 2 rings (SSSR count). The molecule has 0 aliphatic rings. The molecule has 0 spiro atoms.